The summed E-state index contributed by atoms with van der Waals surface area (Å²) < 4.78 is 0. The second-order valence-electron chi connectivity index (χ2n) is 6.16. The van der Waals surface area contributed by atoms with Gasteiger partial charge < -0.3 is 4.90 Å². The molecule has 1 amide bonds. The Hall–Kier alpha value is -2.13. The fraction of sp³-hybridized carbons (Fsp3) is 0.263. The number of amides is 1. The summed E-state index contributed by atoms with van der Waals surface area (Å²) in [5.74, 6) is 0.387. The van der Waals surface area contributed by atoms with Crippen molar-refractivity contribution in [3.63, 3.8) is 0 Å². The molecule has 23 heavy (non-hydrogen) atoms. The molecule has 0 spiro atoms. The third kappa shape index (κ3) is 2.36. The zero-order valence-electron chi connectivity index (χ0n) is 12.9. The smallest absolute Gasteiger partial charge is 0.258 e. The average molecular weight is 325 g/mol. The molecule has 4 heteroatoms. The van der Waals surface area contributed by atoms with Crippen LogP contribution >= 0.6 is 11.6 Å². The van der Waals surface area contributed by atoms with E-state index >= 15 is 0 Å². The van der Waals surface area contributed by atoms with E-state index in [1.807, 2.05) is 29.4 Å². The van der Waals surface area contributed by atoms with E-state index in [1.165, 1.54) is 11.1 Å². The molecule has 1 aromatic carbocycles. The topological polar surface area (TPSA) is 33.2 Å². The molecule has 2 aliphatic rings. The van der Waals surface area contributed by atoms with Crippen LogP contribution in [0.15, 0.2) is 42.7 Å². The van der Waals surface area contributed by atoms with Gasteiger partial charge in [0, 0.05) is 29.2 Å². The molecule has 3 nitrogen and oxygen atoms in total. The number of anilines is 1. The van der Waals surface area contributed by atoms with Gasteiger partial charge >= 0.3 is 0 Å². The van der Waals surface area contributed by atoms with Crippen LogP contribution in [0.2, 0.25) is 5.02 Å². The van der Waals surface area contributed by atoms with Crippen molar-refractivity contribution in [2.45, 2.75) is 25.7 Å². The first-order valence-corrected chi connectivity index (χ1v) is 8.26. The Kier molecular flexibility index (Phi) is 3.46. The number of pyridine rings is 1. The second-order valence-corrected chi connectivity index (χ2v) is 6.59. The quantitative estimate of drug-likeness (QED) is 0.738. The highest BCUT2D eigenvalue weighted by Crippen LogP contribution is 2.35. The van der Waals surface area contributed by atoms with Crippen molar-refractivity contribution in [1.29, 1.82) is 0 Å². The van der Waals surface area contributed by atoms with Gasteiger partial charge in [-0.1, -0.05) is 30.7 Å². The van der Waals surface area contributed by atoms with Gasteiger partial charge in [-0.25, -0.2) is 0 Å². The molecule has 0 saturated carbocycles. The van der Waals surface area contributed by atoms with E-state index in [-0.39, 0.29) is 5.91 Å². The minimum absolute atomic E-state index is 0.0420. The summed E-state index contributed by atoms with van der Waals surface area (Å²) in [5.41, 5.74) is 5.17. The second kappa shape index (κ2) is 5.50. The lowest BCUT2D eigenvalue weighted by Gasteiger charge is -2.31. The van der Waals surface area contributed by atoms with Gasteiger partial charge in [0.05, 0.1) is 11.9 Å². The van der Waals surface area contributed by atoms with E-state index in [1.54, 1.807) is 6.07 Å². The lowest BCUT2D eigenvalue weighted by Crippen LogP contribution is -2.38. The number of fused-ring (bicyclic) bond motifs is 2. The number of carbonyl (C=O) groups is 1. The van der Waals surface area contributed by atoms with Crippen molar-refractivity contribution < 1.29 is 4.79 Å². The van der Waals surface area contributed by atoms with Crippen LogP contribution in [-0.4, -0.2) is 17.4 Å². The number of rotatable bonds is 1. The zero-order chi connectivity index (χ0) is 16.0. The number of hydrogen-bond acceptors (Lipinski definition) is 2. The monoisotopic (exact) mass is 324 g/mol. The Morgan fingerprint density at radius 3 is 3.04 bits per heavy atom. The Morgan fingerprint density at radius 2 is 2.17 bits per heavy atom. The fourth-order valence-corrected chi connectivity index (χ4v) is 3.71. The van der Waals surface area contributed by atoms with E-state index in [4.69, 9.17) is 11.6 Å². The van der Waals surface area contributed by atoms with Crippen LogP contribution in [0, 0.1) is 0 Å². The number of halogens is 1. The van der Waals surface area contributed by atoms with Crippen molar-refractivity contribution in [2.75, 3.05) is 11.4 Å². The van der Waals surface area contributed by atoms with Crippen molar-refractivity contribution in [1.82, 2.24) is 4.98 Å². The highest BCUT2D eigenvalue weighted by atomic mass is 35.5. The highest BCUT2D eigenvalue weighted by Gasteiger charge is 2.28. The van der Waals surface area contributed by atoms with Crippen molar-refractivity contribution in [3.05, 3.63) is 70.0 Å². The predicted molar refractivity (Wildman–Crippen MR) is 92.3 cm³/mol. The summed E-state index contributed by atoms with van der Waals surface area (Å²) in [5, 5.41) is 0.683. The van der Waals surface area contributed by atoms with Gasteiger partial charge in [-0.2, -0.15) is 0 Å². The van der Waals surface area contributed by atoms with E-state index in [2.05, 4.69) is 24.1 Å². The van der Waals surface area contributed by atoms with Crippen molar-refractivity contribution in [2.24, 2.45) is 0 Å². The van der Waals surface area contributed by atoms with Crippen LogP contribution in [0.25, 0.3) is 0 Å². The summed E-state index contributed by atoms with van der Waals surface area (Å²) in [6, 6.07) is 5.51. The minimum Gasteiger partial charge on any atom is -0.306 e. The Balaban J connectivity index is 1.77. The maximum Gasteiger partial charge on any atom is 0.258 e. The number of aromatic nitrogens is 1. The SMILES string of the molecule is CC1C=CCc2c1cncc2N1CCc2cc(Cl)ccc2C1=O. The van der Waals surface area contributed by atoms with Gasteiger partial charge in [0.1, 0.15) is 0 Å². The summed E-state index contributed by atoms with van der Waals surface area (Å²) in [6.45, 7) is 2.83. The lowest BCUT2D eigenvalue weighted by molar-refractivity contribution is 0.0980. The minimum atomic E-state index is 0.0420. The molecular weight excluding hydrogens is 308 g/mol. The Morgan fingerprint density at radius 1 is 1.30 bits per heavy atom. The first kappa shape index (κ1) is 14.5. The van der Waals surface area contributed by atoms with E-state index < -0.39 is 0 Å². The summed E-state index contributed by atoms with van der Waals surface area (Å²) >= 11 is 6.05. The van der Waals surface area contributed by atoms with Crippen LogP contribution in [0.5, 0.6) is 0 Å². The largest absolute Gasteiger partial charge is 0.306 e. The molecule has 0 radical (unpaired) electrons. The van der Waals surface area contributed by atoms with Gasteiger partial charge in [0.25, 0.3) is 5.91 Å². The molecule has 0 saturated heterocycles. The zero-order valence-corrected chi connectivity index (χ0v) is 13.7. The average Bonchev–Trinajstić information content (AvgIpc) is 2.55. The molecule has 0 fully saturated rings. The third-order valence-corrected chi connectivity index (χ3v) is 4.98. The molecule has 0 bridgehead atoms. The summed E-state index contributed by atoms with van der Waals surface area (Å²) in [6.07, 6.45) is 9.80. The molecule has 1 aliphatic carbocycles. The number of benzene rings is 1. The van der Waals surface area contributed by atoms with Gasteiger partial charge in [0.2, 0.25) is 0 Å². The van der Waals surface area contributed by atoms with E-state index in [9.17, 15) is 4.79 Å². The van der Waals surface area contributed by atoms with Crippen molar-refractivity contribution >= 4 is 23.2 Å². The lowest BCUT2D eigenvalue weighted by atomic mass is 9.89. The summed E-state index contributed by atoms with van der Waals surface area (Å²) in [7, 11) is 0. The Labute approximate surface area is 140 Å². The first-order valence-electron chi connectivity index (χ1n) is 7.89. The normalized spacial score (nSPS) is 19.5. The predicted octanol–water partition coefficient (Wildman–Crippen LogP) is 4.15. The number of carbonyl (C=O) groups excluding carboxylic acids is 1. The highest BCUT2D eigenvalue weighted by molar-refractivity contribution is 6.30. The van der Waals surface area contributed by atoms with Crippen molar-refractivity contribution in [3.8, 4) is 0 Å². The maximum absolute atomic E-state index is 12.9. The van der Waals surface area contributed by atoms with Crippen LogP contribution in [-0.2, 0) is 12.8 Å². The van der Waals surface area contributed by atoms with Gasteiger partial charge in [-0.15, -0.1) is 0 Å². The van der Waals surface area contributed by atoms with E-state index in [0.29, 0.717) is 17.5 Å². The molecule has 1 aromatic heterocycles. The molecular formula is C19H17ClN2O. The molecule has 2 heterocycles. The van der Waals surface area contributed by atoms with Crippen LogP contribution in [0.3, 0.4) is 0 Å². The summed E-state index contributed by atoms with van der Waals surface area (Å²) in [4.78, 5) is 19.2. The molecule has 1 atom stereocenters. The molecule has 0 N–H and O–H groups in total. The third-order valence-electron chi connectivity index (χ3n) is 4.74. The van der Waals surface area contributed by atoms with Gasteiger partial charge in [0.15, 0.2) is 0 Å². The number of allylic oxidation sites excluding steroid dienone is 2. The van der Waals surface area contributed by atoms with Gasteiger partial charge in [-0.3, -0.25) is 9.78 Å². The molecule has 1 aliphatic heterocycles. The molecule has 2 aromatic rings. The van der Waals surface area contributed by atoms with E-state index in [0.717, 1.165) is 29.7 Å². The molecule has 4 rings (SSSR count). The van der Waals surface area contributed by atoms with Crippen LogP contribution in [0.1, 0.15) is 39.9 Å². The van der Waals surface area contributed by atoms with Gasteiger partial charge in [-0.05, 0) is 47.7 Å². The molecule has 116 valence electrons. The number of hydrogen-bond donors (Lipinski definition) is 0. The molecule has 1 unspecified atom stereocenters. The number of nitrogens with zero attached hydrogens (tertiary/aromatic N) is 2. The first-order chi connectivity index (χ1) is 11.1. The Bertz CT molecular complexity index is 828. The maximum atomic E-state index is 12.9. The standard InChI is InChI=1S/C19H17ClN2O/c1-12-3-2-4-16-17(12)10-21-11-18(16)22-8-7-13-9-14(20)5-6-15(13)19(22)23/h2-3,5-6,9-12H,4,7-8H2,1H3. The fourth-order valence-electron chi connectivity index (χ4n) is 3.52. The van der Waals surface area contributed by atoms with Crippen LogP contribution in [0.4, 0.5) is 5.69 Å². The van der Waals surface area contributed by atoms with Crippen LogP contribution < -0.4 is 4.90 Å².